The summed E-state index contributed by atoms with van der Waals surface area (Å²) in [5, 5.41) is 2.92. The van der Waals surface area contributed by atoms with Crippen molar-refractivity contribution in [3.05, 3.63) is 28.2 Å². The molecule has 21 heavy (non-hydrogen) atoms. The maximum Gasteiger partial charge on any atom is 0.151 e. The van der Waals surface area contributed by atoms with E-state index in [9.17, 15) is 8.42 Å². The lowest BCUT2D eigenvalue weighted by Crippen LogP contribution is -2.44. The van der Waals surface area contributed by atoms with Gasteiger partial charge in [0, 0.05) is 12.3 Å². The fourth-order valence-electron chi connectivity index (χ4n) is 2.12. The summed E-state index contributed by atoms with van der Waals surface area (Å²) in [6.45, 7) is 4.64. The fourth-order valence-corrected chi connectivity index (χ4v) is 3.50. The Labute approximate surface area is 136 Å². The SMILES string of the molecule is CCCNC(Cc1ccc(OC)c(Br)c1)C(C)S(C)(=O)=O. The van der Waals surface area contributed by atoms with Crippen molar-refractivity contribution in [3.63, 3.8) is 0 Å². The first-order chi connectivity index (χ1) is 9.79. The molecule has 6 heteroatoms. The molecule has 1 rings (SSSR count). The van der Waals surface area contributed by atoms with Gasteiger partial charge >= 0.3 is 0 Å². The Kier molecular flexibility index (Phi) is 7.16. The van der Waals surface area contributed by atoms with Crippen molar-refractivity contribution in [2.24, 2.45) is 0 Å². The predicted molar refractivity (Wildman–Crippen MR) is 90.8 cm³/mol. The summed E-state index contributed by atoms with van der Waals surface area (Å²) in [4.78, 5) is 0. The van der Waals surface area contributed by atoms with Crippen LogP contribution in [0.1, 0.15) is 25.8 Å². The van der Waals surface area contributed by atoms with E-state index < -0.39 is 15.1 Å². The molecule has 1 N–H and O–H groups in total. The third-order valence-electron chi connectivity index (χ3n) is 3.57. The van der Waals surface area contributed by atoms with Gasteiger partial charge in [-0.25, -0.2) is 8.42 Å². The molecule has 0 saturated carbocycles. The zero-order chi connectivity index (χ0) is 16.0. The van der Waals surface area contributed by atoms with Crippen molar-refractivity contribution < 1.29 is 13.2 Å². The average Bonchev–Trinajstić information content (AvgIpc) is 2.41. The molecule has 0 aliphatic rings. The van der Waals surface area contributed by atoms with Crippen molar-refractivity contribution in [2.45, 2.75) is 38.0 Å². The summed E-state index contributed by atoms with van der Waals surface area (Å²) in [5.74, 6) is 0.771. The summed E-state index contributed by atoms with van der Waals surface area (Å²) in [6.07, 6.45) is 2.93. The first-order valence-corrected chi connectivity index (χ1v) is 9.79. The van der Waals surface area contributed by atoms with E-state index in [2.05, 4.69) is 28.2 Å². The van der Waals surface area contributed by atoms with Crippen LogP contribution in [0, 0.1) is 0 Å². The summed E-state index contributed by atoms with van der Waals surface area (Å²) in [5.41, 5.74) is 1.08. The Morgan fingerprint density at radius 1 is 1.38 bits per heavy atom. The van der Waals surface area contributed by atoms with E-state index in [1.54, 1.807) is 14.0 Å². The minimum Gasteiger partial charge on any atom is -0.496 e. The summed E-state index contributed by atoms with van der Waals surface area (Å²) < 4.78 is 29.7. The number of hydrogen-bond acceptors (Lipinski definition) is 4. The molecule has 0 spiro atoms. The van der Waals surface area contributed by atoms with Gasteiger partial charge in [0.15, 0.2) is 9.84 Å². The number of nitrogens with one attached hydrogen (secondary N) is 1. The molecule has 0 bridgehead atoms. The van der Waals surface area contributed by atoms with Crippen molar-refractivity contribution in [3.8, 4) is 5.75 Å². The monoisotopic (exact) mass is 377 g/mol. The maximum absolute atomic E-state index is 11.8. The summed E-state index contributed by atoms with van der Waals surface area (Å²) >= 11 is 3.46. The topological polar surface area (TPSA) is 55.4 Å². The van der Waals surface area contributed by atoms with Crippen molar-refractivity contribution in [1.29, 1.82) is 0 Å². The first-order valence-electron chi connectivity index (χ1n) is 7.04. The molecule has 0 fully saturated rings. The van der Waals surface area contributed by atoms with Gasteiger partial charge in [0.1, 0.15) is 5.75 Å². The smallest absolute Gasteiger partial charge is 0.151 e. The van der Waals surface area contributed by atoms with Crippen LogP contribution >= 0.6 is 15.9 Å². The van der Waals surface area contributed by atoms with E-state index in [-0.39, 0.29) is 6.04 Å². The molecule has 2 unspecified atom stereocenters. The Bertz CT molecular complexity index is 560. The highest BCUT2D eigenvalue weighted by atomic mass is 79.9. The largest absolute Gasteiger partial charge is 0.496 e. The van der Waals surface area contributed by atoms with Gasteiger partial charge in [-0.15, -0.1) is 0 Å². The molecule has 120 valence electrons. The summed E-state index contributed by atoms with van der Waals surface area (Å²) in [6, 6.07) is 5.75. The van der Waals surface area contributed by atoms with E-state index in [0.29, 0.717) is 6.42 Å². The van der Waals surface area contributed by atoms with Crippen LogP contribution in [0.2, 0.25) is 0 Å². The number of ether oxygens (including phenoxy) is 1. The van der Waals surface area contributed by atoms with Gasteiger partial charge in [0.25, 0.3) is 0 Å². The predicted octanol–water partition coefficient (Wildman–Crippen LogP) is 2.80. The molecule has 0 aromatic heterocycles. The van der Waals surface area contributed by atoms with Gasteiger partial charge in [-0.3, -0.25) is 0 Å². The average molecular weight is 378 g/mol. The third kappa shape index (κ3) is 5.60. The van der Waals surface area contributed by atoms with Crippen LogP contribution in [0.5, 0.6) is 5.75 Å². The van der Waals surface area contributed by atoms with Gasteiger partial charge < -0.3 is 10.1 Å². The lowest BCUT2D eigenvalue weighted by atomic mass is 10.0. The standard InChI is InChI=1S/C15H24BrNO3S/c1-5-8-17-14(11(2)21(4,18)19)10-12-6-7-15(20-3)13(16)9-12/h6-7,9,11,14,17H,5,8,10H2,1-4H3. The van der Waals surface area contributed by atoms with Crippen LogP contribution in [0.25, 0.3) is 0 Å². The van der Waals surface area contributed by atoms with Crippen LogP contribution < -0.4 is 10.1 Å². The van der Waals surface area contributed by atoms with Crippen LogP contribution in [0.4, 0.5) is 0 Å². The molecule has 1 aromatic rings. The molecule has 2 atom stereocenters. The number of methoxy groups -OCH3 is 1. The molecule has 1 aromatic carbocycles. The molecule has 0 saturated heterocycles. The van der Waals surface area contributed by atoms with Crippen LogP contribution in [0.15, 0.2) is 22.7 Å². The van der Waals surface area contributed by atoms with E-state index >= 15 is 0 Å². The van der Waals surface area contributed by atoms with Gasteiger partial charge in [0.2, 0.25) is 0 Å². The fraction of sp³-hybridized carbons (Fsp3) is 0.600. The second-order valence-electron chi connectivity index (χ2n) is 5.27. The quantitative estimate of drug-likeness (QED) is 0.756. The number of benzene rings is 1. The summed E-state index contributed by atoms with van der Waals surface area (Å²) in [7, 11) is -1.45. The Morgan fingerprint density at radius 2 is 2.05 bits per heavy atom. The first kappa shape index (κ1) is 18.5. The Morgan fingerprint density at radius 3 is 2.52 bits per heavy atom. The number of rotatable bonds is 8. The van der Waals surface area contributed by atoms with Crippen LogP contribution in [-0.4, -0.2) is 39.6 Å². The molecular weight excluding hydrogens is 354 g/mol. The van der Waals surface area contributed by atoms with E-state index in [0.717, 1.165) is 28.8 Å². The lowest BCUT2D eigenvalue weighted by Gasteiger charge is -2.24. The second kappa shape index (κ2) is 8.15. The number of sulfone groups is 1. The van der Waals surface area contributed by atoms with E-state index in [1.807, 2.05) is 18.2 Å². The van der Waals surface area contributed by atoms with E-state index in [4.69, 9.17) is 4.74 Å². The van der Waals surface area contributed by atoms with Crippen molar-refractivity contribution in [1.82, 2.24) is 5.32 Å². The molecule has 4 nitrogen and oxygen atoms in total. The highest BCUT2D eigenvalue weighted by Crippen LogP contribution is 2.26. The zero-order valence-corrected chi connectivity index (χ0v) is 15.4. The van der Waals surface area contributed by atoms with Crippen LogP contribution in [-0.2, 0) is 16.3 Å². The molecule has 0 amide bonds. The minimum atomic E-state index is -3.07. The van der Waals surface area contributed by atoms with Crippen molar-refractivity contribution >= 4 is 25.8 Å². The Hall–Kier alpha value is -0.590. The van der Waals surface area contributed by atoms with Gasteiger partial charge in [-0.05, 0) is 59.9 Å². The number of halogens is 1. The second-order valence-corrected chi connectivity index (χ2v) is 8.53. The van der Waals surface area contributed by atoms with Gasteiger partial charge in [-0.1, -0.05) is 13.0 Å². The van der Waals surface area contributed by atoms with E-state index in [1.165, 1.54) is 6.26 Å². The molecule has 0 aliphatic carbocycles. The molecule has 0 aliphatic heterocycles. The van der Waals surface area contributed by atoms with Gasteiger partial charge in [-0.2, -0.15) is 0 Å². The maximum atomic E-state index is 11.8. The molecule has 0 heterocycles. The Balaban J connectivity index is 2.93. The van der Waals surface area contributed by atoms with Crippen LogP contribution in [0.3, 0.4) is 0 Å². The third-order valence-corrected chi connectivity index (χ3v) is 5.87. The minimum absolute atomic E-state index is 0.0970. The zero-order valence-electron chi connectivity index (χ0n) is 13.0. The van der Waals surface area contributed by atoms with Crippen molar-refractivity contribution in [2.75, 3.05) is 19.9 Å². The number of hydrogen-bond donors (Lipinski definition) is 1. The lowest BCUT2D eigenvalue weighted by molar-refractivity contribution is 0.411. The highest BCUT2D eigenvalue weighted by Gasteiger charge is 2.25. The molecular formula is C15H24BrNO3S. The molecule has 0 radical (unpaired) electrons. The highest BCUT2D eigenvalue weighted by molar-refractivity contribution is 9.10. The normalized spacial score (nSPS) is 14.7. The van der Waals surface area contributed by atoms with Gasteiger partial charge in [0.05, 0.1) is 16.8 Å².